The van der Waals surface area contributed by atoms with Crippen molar-refractivity contribution in [3.8, 4) is 0 Å². The summed E-state index contributed by atoms with van der Waals surface area (Å²) in [5.41, 5.74) is 1.72. The molecule has 2 heterocycles. The van der Waals surface area contributed by atoms with E-state index in [-0.39, 0.29) is 4.90 Å². The van der Waals surface area contributed by atoms with Gasteiger partial charge in [0.05, 0.1) is 17.4 Å². The summed E-state index contributed by atoms with van der Waals surface area (Å²) in [5.74, 6) is 1.09. The fourth-order valence-electron chi connectivity index (χ4n) is 2.39. The fraction of sp³-hybridized carbons (Fsp3) is 0.188. The van der Waals surface area contributed by atoms with E-state index in [1.807, 2.05) is 19.1 Å². The number of benzene rings is 1. The predicted molar refractivity (Wildman–Crippen MR) is 86.8 cm³/mol. The van der Waals surface area contributed by atoms with Gasteiger partial charge < -0.3 is 4.42 Å². The van der Waals surface area contributed by atoms with Gasteiger partial charge in [-0.15, -0.1) is 0 Å². The van der Waals surface area contributed by atoms with Crippen LogP contribution in [0.25, 0.3) is 0 Å². The summed E-state index contributed by atoms with van der Waals surface area (Å²) >= 11 is 0. The Morgan fingerprint density at radius 2 is 2.04 bits per heavy atom. The number of aromatic nitrogens is 2. The Hall–Kier alpha value is -2.54. The minimum absolute atomic E-state index is 0.258. The van der Waals surface area contributed by atoms with Gasteiger partial charge in [0.15, 0.2) is 0 Å². The number of hydrogen-bond acceptors (Lipinski definition) is 4. The van der Waals surface area contributed by atoms with Gasteiger partial charge in [-0.05, 0) is 37.6 Å². The maximum absolute atomic E-state index is 12.6. The Bertz CT molecular complexity index is 912. The molecule has 0 aliphatic heterocycles. The zero-order valence-corrected chi connectivity index (χ0v) is 13.7. The zero-order chi connectivity index (χ0) is 16.4. The second kappa shape index (κ2) is 5.92. The van der Waals surface area contributed by atoms with Crippen LogP contribution in [-0.2, 0) is 16.6 Å². The van der Waals surface area contributed by atoms with Gasteiger partial charge in [0.1, 0.15) is 18.1 Å². The van der Waals surface area contributed by atoms with E-state index >= 15 is 0 Å². The molecule has 0 aliphatic rings. The van der Waals surface area contributed by atoms with Crippen molar-refractivity contribution < 1.29 is 12.8 Å². The topological polar surface area (TPSA) is 77.1 Å². The molecule has 0 bridgehead atoms. The SMILES string of the molecule is Cc1ccc(S(=O)(=O)Nc2ccnn2Cc2ccco2)c(C)c1. The lowest BCUT2D eigenvalue weighted by atomic mass is 10.2. The van der Waals surface area contributed by atoms with E-state index in [1.54, 1.807) is 48.3 Å². The third kappa shape index (κ3) is 3.29. The van der Waals surface area contributed by atoms with Gasteiger partial charge >= 0.3 is 0 Å². The van der Waals surface area contributed by atoms with Crippen molar-refractivity contribution in [2.45, 2.75) is 25.3 Å². The molecule has 1 N–H and O–H groups in total. The Morgan fingerprint density at radius 1 is 1.22 bits per heavy atom. The smallest absolute Gasteiger partial charge is 0.263 e. The van der Waals surface area contributed by atoms with Crippen LogP contribution in [0.2, 0.25) is 0 Å². The maximum Gasteiger partial charge on any atom is 0.263 e. The predicted octanol–water partition coefficient (Wildman–Crippen LogP) is 2.94. The summed E-state index contributed by atoms with van der Waals surface area (Å²) < 4.78 is 34.6. The van der Waals surface area contributed by atoms with E-state index in [4.69, 9.17) is 4.42 Å². The van der Waals surface area contributed by atoms with Crippen LogP contribution in [0.1, 0.15) is 16.9 Å². The molecule has 0 amide bonds. The van der Waals surface area contributed by atoms with E-state index in [1.165, 1.54) is 0 Å². The quantitative estimate of drug-likeness (QED) is 0.780. The van der Waals surface area contributed by atoms with E-state index in [9.17, 15) is 8.42 Å². The summed E-state index contributed by atoms with van der Waals surface area (Å²) in [6.07, 6.45) is 3.11. The second-order valence-electron chi connectivity index (χ2n) is 5.33. The van der Waals surface area contributed by atoms with E-state index in [2.05, 4.69) is 9.82 Å². The lowest BCUT2D eigenvalue weighted by Gasteiger charge is -2.12. The molecule has 3 aromatic rings. The van der Waals surface area contributed by atoms with Gasteiger partial charge in [-0.2, -0.15) is 5.10 Å². The van der Waals surface area contributed by atoms with Crippen LogP contribution in [0.4, 0.5) is 5.82 Å². The molecule has 0 saturated heterocycles. The summed E-state index contributed by atoms with van der Waals surface area (Å²) in [7, 11) is -3.67. The van der Waals surface area contributed by atoms with Crippen molar-refractivity contribution in [1.82, 2.24) is 9.78 Å². The number of sulfonamides is 1. The van der Waals surface area contributed by atoms with Crippen LogP contribution < -0.4 is 4.72 Å². The molecule has 7 heteroatoms. The van der Waals surface area contributed by atoms with Gasteiger partial charge in [0.2, 0.25) is 0 Å². The summed E-state index contributed by atoms with van der Waals surface area (Å²) in [6, 6.07) is 10.4. The number of furan rings is 1. The lowest BCUT2D eigenvalue weighted by Crippen LogP contribution is -2.17. The number of nitrogens with one attached hydrogen (secondary N) is 1. The van der Waals surface area contributed by atoms with Crippen LogP contribution in [0.5, 0.6) is 0 Å². The van der Waals surface area contributed by atoms with Gasteiger partial charge in [-0.1, -0.05) is 17.7 Å². The number of anilines is 1. The molecule has 2 aromatic heterocycles. The molecule has 6 nitrogen and oxygen atoms in total. The van der Waals surface area contributed by atoms with Gasteiger partial charge in [-0.3, -0.25) is 4.72 Å². The Labute approximate surface area is 134 Å². The van der Waals surface area contributed by atoms with E-state index in [0.29, 0.717) is 23.7 Å². The van der Waals surface area contributed by atoms with Crippen molar-refractivity contribution >= 4 is 15.8 Å². The Kier molecular flexibility index (Phi) is 3.96. The molecule has 0 fully saturated rings. The average molecular weight is 331 g/mol. The molecule has 0 spiro atoms. The minimum atomic E-state index is -3.67. The highest BCUT2D eigenvalue weighted by Crippen LogP contribution is 2.20. The zero-order valence-electron chi connectivity index (χ0n) is 12.9. The monoisotopic (exact) mass is 331 g/mol. The van der Waals surface area contributed by atoms with Crippen molar-refractivity contribution in [3.63, 3.8) is 0 Å². The second-order valence-corrected chi connectivity index (χ2v) is 6.98. The minimum Gasteiger partial charge on any atom is -0.467 e. The van der Waals surface area contributed by atoms with Gasteiger partial charge in [-0.25, -0.2) is 13.1 Å². The molecule has 0 unspecified atom stereocenters. The molecule has 1 aromatic carbocycles. The van der Waals surface area contributed by atoms with Gasteiger partial charge in [0.25, 0.3) is 10.0 Å². The molecule has 0 saturated carbocycles. The standard InChI is InChI=1S/C16H17N3O3S/c1-12-5-6-15(13(2)10-12)23(20,21)18-16-7-8-17-19(16)11-14-4-3-9-22-14/h3-10,18H,11H2,1-2H3. The lowest BCUT2D eigenvalue weighted by molar-refractivity contribution is 0.482. The van der Waals surface area contributed by atoms with E-state index < -0.39 is 10.0 Å². The highest BCUT2D eigenvalue weighted by molar-refractivity contribution is 7.92. The number of hydrogen-bond donors (Lipinski definition) is 1. The molecule has 0 aliphatic carbocycles. The maximum atomic E-state index is 12.6. The first-order valence-electron chi connectivity index (χ1n) is 7.10. The van der Waals surface area contributed by atoms with Gasteiger partial charge in [0, 0.05) is 6.07 Å². The molecular weight excluding hydrogens is 314 g/mol. The van der Waals surface area contributed by atoms with Crippen LogP contribution in [0.15, 0.2) is 58.2 Å². The van der Waals surface area contributed by atoms with Crippen molar-refractivity contribution in [2.24, 2.45) is 0 Å². The highest BCUT2D eigenvalue weighted by atomic mass is 32.2. The molecule has 0 atom stereocenters. The Morgan fingerprint density at radius 3 is 2.74 bits per heavy atom. The van der Waals surface area contributed by atoms with Crippen molar-refractivity contribution in [1.29, 1.82) is 0 Å². The van der Waals surface area contributed by atoms with Crippen molar-refractivity contribution in [3.05, 3.63) is 65.7 Å². The van der Waals surface area contributed by atoms with Crippen LogP contribution in [0, 0.1) is 13.8 Å². The third-order valence-corrected chi connectivity index (χ3v) is 4.98. The normalized spacial score (nSPS) is 11.6. The number of aryl methyl sites for hydroxylation is 2. The fourth-order valence-corrected chi connectivity index (χ4v) is 3.68. The van der Waals surface area contributed by atoms with Crippen LogP contribution in [-0.4, -0.2) is 18.2 Å². The first-order chi connectivity index (χ1) is 11.0. The number of rotatable bonds is 5. The first kappa shape index (κ1) is 15.4. The molecule has 120 valence electrons. The first-order valence-corrected chi connectivity index (χ1v) is 8.58. The molecule has 0 radical (unpaired) electrons. The van der Waals surface area contributed by atoms with Crippen LogP contribution in [0.3, 0.4) is 0 Å². The third-order valence-electron chi connectivity index (χ3n) is 3.46. The Balaban J connectivity index is 1.88. The summed E-state index contributed by atoms with van der Waals surface area (Å²) in [6.45, 7) is 4.06. The summed E-state index contributed by atoms with van der Waals surface area (Å²) in [5, 5.41) is 4.14. The van der Waals surface area contributed by atoms with Crippen molar-refractivity contribution in [2.75, 3.05) is 4.72 Å². The highest BCUT2D eigenvalue weighted by Gasteiger charge is 2.19. The van der Waals surface area contributed by atoms with E-state index in [0.717, 1.165) is 5.56 Å². The van der Waals surface area contributed by atoms with Crippen LogP contribution >= 0.6 is 0 Å². The molecule has 3 rings (SSSR count). The molecule has 23 heavy (non-hydrogen) atoms. The largest absolute Gasteiger partial charge is 0.467 e. The molecular formula is C16H17N3O3S. The average Bonchev–Trinajstić information content (AvgIpc) is 3.11. The summed E-state index contributed by atoms with van der Waals surface area (Å²) in [4.78, 5) is 0.258. The number of nitrogens with zero attached hydrogens (tertiary/aromatic N) is 2.